The van der Waals surface area contributed by atoms with E-state index in [-0.39, 0.29) is 12.4 Å². The minimum Gasteiger partial charge on any atom is -0.368 e. The monoisotopic (exact) mass is 507 g/mol. The van der Waals surface area contributed by atoms with E-state index in [1.54, 1.807) is 24.3 Å². The average Bonchev–Trinajstić information content (AvgIpc) is 2.90. The second-order valence-corrected chi connectivity index (χ2v) is 9.02. The summed E-state index contributed by atoms with van der Waals surface area (Å²) in [5.41, 5.74) is 7.36. The number of nitrogens with two attached hydrogens (primary N) is 1. The van der Waals surface area contributed by atoms with Crippen molar-refractivity contribution < 1.29 is 18.4 Å². The molecule has 4 N–H and O–H groups in total. The summed E-state index contributed by atoms with van der Waals surface area (Å²) in [5.74, 6) is -1.20. The molecular formula is C28H31F2N5O2. The van der Waals surface area contributed by atoms with E-state index in [9.17, 15) is 14.0 Å². The summed E-state index contributed by atoms with van der Waals surface area (Å²) in [7, 11) is 0. The molecule has 0 saturated carbocycles. The molecule has 1 saturated heterocycles. The van der Waals surface area contributed by atoms with Gasteiger partial charge >= 0.3 is 6.03 Å². The Morgan fingerprint density at radius 2 is 1.62 bits per heavy atom. The van der Waals surface area contributed by atoms with Gasteiger partial charge in [0, 0.05) is 38.4 Å². The lowest BCUT2D eigenvalue weighted by atomic mass is 9.84. The van der Waals surface area contributed by atoms with Crippen LogP contribution in [-0.4, -0.2) is 43.0 Å². The Bertz CT molecular complexity index is 1230. The fourth-order valence-corrected chi connectivity index (χ4v) is 4.93. The SMILES string of the molecule is CCC(C(N)=O)(c1ccccc1)N1CCN(c2ccc(NC(=O)NCc3ccc(F)cc3)cc2F)CC1. The molecule has 3 amide bonds. The van der Waals surface area contributed by atoms with Crippen molar-refractivity contribution in [3.63, 3.8) is 0 Å². The van der Waals surface area contributed by atoms with Crippen LogP contribution in [0, 0.1) is 11.6 Å². The van der Waals surface area contributed by atoms with Gasteiger partial charge in [-0.2, -0.15) is 0 Å². The third-order valence-corrected chi connectivity index (χ3v) is 6.90. The number of carbonyl (C=O) groups excluding carboxylic acids is 2. The van der Waals surface area contributed by atoms with Crippen LogP contribution >= 0.6 is 0 Å². The van der Waals surface area contributed by atoms with Crippen molar-refractivity contribution in [2.45, 2.75) is 25.4 Å². The molecule has 0 aliphatic carbocycles. The number of nitrogens with zero attached hydrogens (tertiary/aromatic N) is 2. The third kappa shape index (κ3) is 5.72. The van der Waals surface area contributed by atoms with Gasteiger partial charge in [-0.15, -0.1) is 0 Å². The first-order valence-corrected chi connectivity index (χ1v) is 12.3. The molecular weight excluding hydrogens is 476 g/mol. The Labute approximate surface area is 215 Å². The number of halogens is 2. The molecule has 7 nitrogen and oxygen atoms in total. The lowest BCUT2D eigenvalue weighted by molar-refractivity contribution is -0.131. The maximum Gasteiger partial charge on any atom is 0.319 e. The van der Waals surface area contributed by atoms with Crippen molar-refractivity contribution in [2.24, 2.45) is 5.73 Å². The third-order valence-electron chi connectivity index (χ3n) is 6.90. The first-order chi connectivity index (χ1) is 17.8. The van der Waals surface area contributed by atoms with Crippen molar-refractivity contribution in [3.8, 4) is 0 Å². The molecule has 3 aromatic carbocycles. The molecule has 37 heavy (non-hydrogen) atoms. The second kappa shape index (κ2) is 11.4. The molecule has 1 atom stereocenters. The fraction of sp³-hybridized carbons (Fsp3) is 0.286. The lowest BCUT2D eigenvalue weighted by Gasteiger charge is -2.46. The topological polar surface area (TPSA) is 90.7 Å². The molecule has 0 radical (unpaired) electrons. The highest BCUT2D eigenvalue weighted by Gasteiger charge is 2.43. The molecule has 0 aromatic heterocycles. The number of carbonyl (C=O) groups is 2. The molecule has 1 fully saturated rings. The molecule has 0 bridgehead atoms. The standard InChI is InChI=1S/C28H31F2N5O2/c1-2-28(26(31)36,21-6-4-3-5-7-21)35-16-14-34(15-17-35)25-13-12-23(18-24(25)30)33-27(37)32-19-20-8-10-22(29)11-9-20/h3-13,18H,2,14-17,19H2,1H3,(H2,31,36)(H2,32,33,37). The van der Waals surface area contributed by atoms with E-state index in [1.807, 2.05) is 42.2 Å². The van der Waals surface area contributed by atoms with Crippen LogP contribution in [0.15, 0.2) is 72.8 Å². The average molecular weight is 508 g/mol. The van der Waals surface area contributed by atoms with Gasteiger partial charge in [-0.25, -0.2) is 13.6 Å². The Morgan fingerprint density at radius 3 is 2.22 bits per heavy atom. The summed E-state index contributed by atoms with van der Waals surface area (Å²) in [4.78, 5) is 28.9. The first-order valence-electron chi connectivity index (χ1n) is 12.3. The van der Waals surface area contributed by atoms with E-state index in [0.717, 1.165) is 11.1 Å². The van der Waals surface area contributed by atoms with E-state index in [2.05, 4.69) is 15.5 Å². The van der Waals surface area contributed by atoms with Crippen molar-refractivity contribution in [3.05, 3.63) is 95.6 Å². The van der Waals surface area contributed by atoms with Crippen LogP contribution < -0.4 is 21.3 Å². The number of primary amides is 1. The fourth-order valence-electron chi connectivity index (χ4n) is 4.93. The maximum atomic E-state index is 15.0. The number of hydrogen-bond donors (Lipinski definition) is 3. The summed E-state index contributed by atoms with van der Waals surface area (Å²) in [6.07, 6.45) is 0.532. The zero-order valence-electron chi connectivity index (χ0n) is 20.7. The van der Waals surface area contributed by atoms with Gasteiger partial charge in [0.15, 0.2) is 0 Å². The summed E-state index contributed by atoms with van der Waals surface area (Å²) >= 11 is 0. The van der Waals surface area contributed by atoms with Crippen LogP contribution in [-0.2, 0) is 16.9 Å². The van der Waals surface area contributed by atoms with E-state index >= 15 is 4.39 Å². The highest BCUT2D eigenvalue weighted by Crippen LogP contribution is 2.34. The van der Waals surface area contributed by atoms with E-state index in [0.29, 0.717) is 44.0 Å². The molecule has 194 valence electrons. The zero-order valence-corrected chi connectivity index (χ0v) is 20.7. The van der Waals surface area contributed by atoms with Crippen LogP contribution in [0.25, 0.3) is 0 Å². The molecule has 1 heterocycles. The Hall–Kier alpha value is -3.98. The van der Waals surface area contributed by atoms with Crippen LogP contribution in [0.4, 0.5) is 25.0 Å². The summed E-state index contributed by atoms with van der Waals surface area (Å²) < 4.78 is 28.0. The van der Waals surface area contributed by atoms with E-state index in [1.165, 1.54) is 18.2 Å². The quantitative estimate of drug-likeness (QED) is 0.426. The van der Waals surface area contributed by atoms with Crippen molar-refractivity contribution in [1.82, 2.24) is 10.2 Å². The lowest BCUT2D eigenvalue weighted by Crippen LogP contribution is -2.60. The largest absolute Gasteiger partial charge is 0.368 e. The van der Waals surface area contributed by atoms with Crippen LogP contribution in [0.3, 0.4) is 0 Å². The normalized spacial score (nSPS) is 15.6. The van der Waals surface area contributed by atoms with Gasteiger partial charge in [-0.3, -0.25) is 9.69 Å². The maximum absolute atomic E-state index is 15.0. The van der Waals surface area contributed by atoms with Gasteiger partial charge in [0.2, 0.25) is 5.91 Å². The Balaban J connectivity index is 1.37. The number of hydrogen-bond acceptors (Lipinski definition) is 4. The Kier molecular flexibility index (Phi) is 8.03. The highest BCUT2D eigenvalue weighted by molar-refractivity contribution is 5.89. The number of urea groups is 1. The summed E-state index contributed by atoms with van der Waals surface area (Å²) in [6, 6.07) is 19.4. The number of benzene rings is 3. The smallest absolute Gasteiger partial charge is 0.319 e. The molecule has 0 spiro atoms. The van der Waals surface area contributed by atoms with Gasteiger partial charge in [0.25, 0.3) is 0 Å². The number of nitrogens with one attached hydrogen (secondary N) is 2. The molecule has 1 aliphatic heterocycles. The van der Waals surface area contributed by atoms with Gasteiger partial charge in [0.05, 0.1) is 5.69 Å². The van der Waals surface area contributed by atoms with Gasteiger partial charge in [-0.1, -0.05) is 49.4 Å². The van der Waals surface area contributed by atoms with Crippen molar-refractivity contribution in [2.75, 3.05) is 36.4 Å². The molecule has 4 rings (SSSR count). The summed E-state index contributed by atoms with van der Waals surface area (Å²) in [6.45, 7) is 4.27. The van der Waals surface area contributed by atoms with E-state index in [4.69, 9.17) is 5.73 Å². The molecule has 1 unspecified atom stereocenters. The van der Waals surface area contributed by atoms with Crippen LogP contribution in [0.5, 0.6) is 0 Å². The van der Waals surface area contributed by atoms with Crippen LogP contribution in [0.1, 0.15) is 24.5 Å². The zero-order chi connectivity index (χ0) is 26.4. The predicted octanol–water partition coefficient (Wildman–Crippen LogP) is 4.20. The van der Waals surface area contributed by atoms with Crippen molar-refractivity contribution in [1.29, 1.82) is 0 Å². The summed E-state index contributed by atoms with van der Waals surface area (Å²) in [5, 5.41) is 5.28. The van der Waals surface area contributed by atoms with Gasteiger partial charge in [0.1, 0.15) is 17.2 Å². The minimum absolute atomic E-state index is 0.213. The second-order valence-electron chi connectivity index (χ2n) is 9.02. The molecule has 3 aromatic rings. The van der Waals surface area contributed by atoms with Gasteiger partial charge in [-0.05, 0) is 47.9 Å². The Morgan fingerprint density at radius 1 is 0.946 bits per heavy atom. The predicted molar refractivity (Wildman–Crippen MR) is 140 cm³/mol. The highest BCUT2D eigenvalue weighted by atomic mass is 19.1. The molecule has 1 aliphatic rings. The number of amides is 3. The molecule has 9 heteroatoms. The number of piperazine rings is 1. The number of anilines is 2. The van der Waals surface area contributed by atoms with E-state index < -0.39 is 23.3 Å². The minimum atomic E-state index is -0.916. The van der Waals surface area contributed by atoms with Crippen LogP contribution in [0.2, 0.25) is 0 Å². The van der Waals surface area contributed by atoms with Gasteiger partial charge < -0.3 is 21.3 Å². The first kappa shape index (κ1) is 26.1. The van der Waals surface area contributed by atoms with Crippen molar-refractivity contribution >= 4 is 23.3 Å². The number of rotatable bonds is 8.